The Labute approximate surface area is 150 Å². The van der Waals surface area contributed by atoms with Crippen molar-refractivity contribution in [2.75, 3.05) is 13.1 Å². The number of hydrogen-bond donors (Lipinski definition) is 1. The minimum Gasteiger partial charge on any atom is -0.481 e. The highest BCUT2D eigenvalue weighted by Crippen LogP contribution is 2.25. The molecule has 2 atom stereocenters. The Morgan fingerprint density at radius 2 is 1.68 bits per heavy atom. The molecule has 1 heterocycles. The van der Waals surface area contributed by atoms with E-state index in [1.807, 2.05) is 0 Å². The normalized spacial score (nSPS) is 21.2. The second-order valence-electron chi connectivity index (χ2n) is 7.64. The van der Waals surface area contributed by atoms with Gasteiger partial charge in [-0.15, -0.1) is 0 Å². The summed E-state index contributed by atoms with van der Waals surface area (Å²) in [5, 5.41) is 9.32. The fourth-order valence-electron chi connectivity index (χ4n) is 3.97. The van der Waals surface area contributed by atoms with E-state index >= 15 is 0 Å². The van der Waals surface area contributed by atoms with E-state index in [0.29, 0.717) is 12.5 Å². The van der Waals surface area contributed by atoms with Crippen molar-refractivity contribution in [1.29, 1.82) is 0 Å². The molecular formula is C22H27NO2. The first-order valence-corrected chi connectivity index (χ1v) is 9.03. The Balaban J connectivity index is 1.71. The van der Waals surface area contributed by atoms with Crippen LogP contribution in [0.2, 0.25) is 0 Å². The lowest BCUT2D eigenvalue weighted by Gasteiger charge is -2.34. The van der Waals surface area contributed by atoms with E-state index in [2.05, 4.69) is 68.1 Å². The number of likely N-dealkylation sites (tertiary alicyclic amines) is 1. The molecular weight excluding hydrogens is 310 g/mol. The summed E-state index contributed by atoms with van der Waals surface area (Å²) in [6.07, 6.45) is 0.789. The van der Waals surface area contributed by atoms with Crippen LogP contribution in [0.15, 0.2) is 42.5 Å². The number of carboxylic acid groups (broad SMARTS) is 1. The molecule has 0 aliphatic carbocycles. The predicted molar refractivity (Wildman–Crippen MR) is 102 cm³/mol. The Morgan fingerprint density at radius 3 is 2.28 bits per heavy atom. The van der Waals surface area contributed by atoms with Gasteiger partial charge in [0.25, 0.3) is 0 Å². The van der Waals surface area contributed by atoms with Gasteiger partial charge in [0, 0.05) is 19.6 Å². The quantitative estimate of drug-likeness (QED) is 0.892. The fourth-order valence-corrected chi connectivity index (χ4v) is 3.97. The molecule has 1 saturated heterocycles. The van der Waals surface area contributed by atoms with Crippen LogP contribution in [0.5, 0.6) is 0 Å². The molecule has 2 unspecified atom stereocenters. The van der Waals surface area contributed by atoms with Crippen LogP contribution < -0.4 is 0 Å². The van der Waals surface area contributed by atoms with Crippen LogP contribution in [0.4, 0.5) is 0 Å². The van der Waals surface area contributed by atoms with Gasteiger partial charge in [0.2, 0.25) is 0 Å². The number of aryl methyl sites for hydroxylation is 2. The van der Waals surface area contributed by atoms with Crippen LogP contribution in [-0.4, -0.2) is 29.1 Å². The third-order valence-electron chi connectivity index (χ3n) is 5.00. The average Bonchev–Trinajstić information content (AvgIpc) is 2.54. The maximum absolute atomic E-state index is 11.3. The van der Waals surface area contributed by atoms with E-state index in [9.17, 15) is 9.90 Å². The van der Waals surface area contributed by atoms with Crippen LogP contribution in [-0.2, 0) is 11.3 Å². The molecule has 3 heteroatoms. The Hall–Kier alpha value is -2.13. The molecule has 0 bridgehead atoms. The zero-order valence-electron chi connectivity index (χ0n) is 15.3. The second-order valence-corrected chi connectivity index (χ2v) is 7.64. The molecule has 2 aromatic rings. The summed E-state index contributed by atoms with van der Waals surface area (Å²) in [7, 11) is 0. The van der Waals surface area contributed by atoms with E-state index in [0.717, 1.165) is 19.5 Å². The fraction of sp³-hybridized carbons (Fsp3) is 0.409. The van der Waals surface area contributed by atoms with Gasteiger partial charge in [0.15, 0.2) is 0 Å². The van der Waals surface area contributed by atoms with Crippen LogP contribution >= 0.6 is 0 Å². The molecule has 1 aliphatic rings. The van der Waals surface area contributed by atoms with Gasteiger partial charge in [0.05, 0.1) is 5.92 Å². The number of carboxylic acids is 1. The SMILES string of the molecule is Cc1cc(C)cc(-c2ccc(CN3CC(C)CC(C(=O)O)C3)cc2)c1. The lowest BCUT2D eigenvalue weighted by Crippen LogP contribution is -2.41. The minimum atomic E-state index is -0.665. The molecule has 0 amide bonds. The zero-order chi connectivity index (χ0) is 18.0. The highest BCUT2D eigenvalue weighted by atomic mass is 16.4. The Morgan fingerprint density at radius 1 is 1.04 bits per heavy atom. The summed E-state index contributed by atoms with van der Waals surface area (Å²) in [5.74, 6) is -0.468. The third-order valence-corrected chi connectivity index (χ3v) is 5.00. The molecule has 0 spiro atoms. The van der Waals surface area contributed by atoms with Crippen molar-refractivity contribution in [1.82, 2.24) is 4.90 Å². The zero-order valence-corrected chi connectivity index (χ0v) is 15.3. The van der Waals surface area contributed by atoms with E-state index in [1.165, 1.54) is 27.8 Å². The first-order valence-electron chi connectivity index (χ1n) is 9.03. The largest absolute Gasteiger partial charge is 0.481 e. The molecule has 1 aliphatic heterocycles. The molecule has 0 radical (unpaired) electrons. The maximum Gasteiger partial charge on any atom is 0.307 e. The van der Waals surface area contributed by atoms with Gasteiger partial charge >= 0.3 is 5.97 Å². The number of benzene rings is 2. The van der Waals surface area contributed by atoms with Crippen molar-refractivity contribution in [3.05, 3.63) is 59.2 Å². The first-order chi connectivity index (χ1) is 11.9. The van der Waals surface area contributed by atoms with Crippen molar-refractivity contribution >= 4 is 5.97 Å². The molecule has 1 N–H and O–H groups in total. The smallest absolute Gasteiger partial charge is 0.307 e. The molecule has 1 fully saturated rings. The topological polar surface area (TPSA) is 40.5 Å². The van der Waals surface area contributed by atoms with Crippen LogP contribution in [0.1, 0.15) is 30.0 Å². The molecule has 132 valence electrons. The van der Waals surface area contributed by atoms with E-state index in [1.54, 1.807) is 0 Å². The number of nitrogens with zero attached hydrogens (tertiary/aromatic N) is 1. The summed E-state index contributed by atoms with van der Waals surface area (Å²) in [6.45, 7) is 8.84. The summed E-state index contributed by atoms with van der Waals surface area (Å²) in [6, 6.07) is 15.3. The number of rotatable bonds is 4. The van der Waals surface area contributed by atoms with Gasteiger partial charge in [-0.1, -0.05) is 60.5 Å². The second kappa shape index (κ2) is 7.40. The minimum absolute atomic E-state index is 0.238. The third kappa shape index (κ3) is 4.49. The monoisotopic (exact) mass is 337 g/mol. The highest BCUT2D eigenvalue weighted by molar-refractivity contribution is 5.70. The van der Waals surface area contributed by atoms with Gasteiger partial charge in [-0.25, -0.2) is 0 Å². The maximum atomic E-state index is 11.3. The lowest BCUT2D eigenvalue weighted by atomic mass is 9.90. The molecule has 2 aromatic carbocycles. The Bertz CT molecular complexity index is 731. The van der Waals surface area contributed by atoms with Gasteiger partial charge < -0.3 is 5.11 Å². The first kappa shape index (κ1) is 17.7. The summed E-state index contributed by atoms with van der Waals surface area (Å²) in [4.78, 5) is 13.6. The summed E-state index contributed by atoms with van der Waals surface area (Å²) >= 11 is 0. The van der Waals surface area contributed by atoms with Gasteiger partial charge in [-0.2, -0.15) is 0 Å². The summed E-state index contributed by atoms with van der Waals surface area (Å²) in [5.41, 5.74) is 6.28. The number of carbonyl (C=O) groups is 1. The Kier molecular flexibility index (Phi) is 5.24. The van der Waals surface area contributed by atoms with Gasteiger partial charge in [0.1, 0.15) is 0 Å². The van der Waals surface area contributed by atoms with Crippen molar-refractivity contribution < 1.29 is 9.90 Å². The standard InChI is InChI=1S/C22H27NO2/c1-15-8-16(2)10-20(9-15)19-6-4-18(5-7-19)13-23-12-17(3)11-21(14-23)22(24)25/h4-10,17,21H,11-14H2,1-3H3,(H,24,25). The van der Waals surface area contributed by atoms with Crippen molar-refractivity contribution in [2.45, 2.75) is 33.7 Å². The average molecular weight is 337 g/mol. The lowest BCUT2D eigenvalue weighted by molar-refractivity contribution is -0.144. The molecule has 25 heavy (non-hydrogen) atoms. The van der Waals surface area contributed by atoms with Crippen molar-refractivity contribution in [3.63, 3.8) is 0 Å². The summed E-state index contributed by atoms with van der Waals surface area (Å²) < 4.78 is 0. The molecule has 0 aromatic heterocycles. The van der Waals surface area contributed by atoms with Crippen LogP contribution in [0, 0.1) is 25.7 Å². The molecule has 0 saturated carbocycles. The van der Waals surface area contributed by atoms with Crippen LogP contribution in [0.25, 0.3) is 11.1 Å². The number of hydrogen-bond acceptors (Lipinski definition) is 2. The van der Waals surface area contributed by atoms with Crippen molar-refractivity contribution in [3.8, 4) is 11.1 Å². The van der Waals surface area contributed by atoms with Crippen LogP contribution in [0.3, 0.4) is 0 Å². The molecule has 3 rings (SSSR count). The van der Waals surface area contributed by atoms with Gasteiger partial charge in [-0.3, -0.25) is 9.69 Å². The van der Waals surface area contributed by atoms with E-state index in [4.69, 9.17) is 0 Å². The van der Waals surface area contributed by atoms with Crippen molar-refractivity contribution in [2.24, 2.45) is 11.8 Å². The number of aliphatic carboxylic acids is 1. The highest BCUT2D eigenvalue weighted by Gasteiger charge is 2.29. The number of piperidine rings is 1. The molecule has 3 nitrogen and oxygen atoms in total. The van der Waals surface area contributed by atoms with E-state index < -0.39 is 5.97 Å². The van der Waals surface area contributed by atoms with E-state index in [-0.39, 0.29) is 5.92 Å². The predicted octanol–water partition coefficient (Wildman–Crippen LogP) is 4.51. The van der Waals surface area contributed by atoms with Gasteiger partial charge in [-0.05, 0) is 42.9 Å².